The normalized spacial score (nSPS) is 12.4. The van der Waals surface area contributed by atoms with Crippen LogP contribution in [0, 0.1) is 0 Å². The van der Waals surface area contributed by atoms with Crippen molar-refractivity contribution in [2.24, 2.45) is 0 Å². The molecule has 0 spiro atoms. The predicted octanol–water partition coefficient (Wildman–Crippen LogP) is 4.42. The SMILES string of the molecule is CNC(C)c1ccccc1-c1ccccc1OC(C)C. The molecule has 2 aromatic carbocycles. The van der Waals surface area contributed by atoms with Crippen LogP contribution in [0.25, 0.3) is 11.1 Å². The molecule has 0 saturated heterocycles. The van der Waals surface area contributed by atoms with Gasteiger partial charge in [-0.15, -0.1) is 0 Å². The third-order valence-electron chi connectivity index (χ3n) is 3.40. The van der Waals surface area contributed by atoms with Crippen LogP contribution < -0.4 is 10.1 Å². The maximum absolute atomic E-state index is 5.95. The molecule has 0 aliphatic carbocycles. The van der Waals surface area contributed by atoms with E-state index in [1.807, 2.05) is 19.2 Å². The molecule has 0 aliphatic heterocycles. The Morgan fingerprint density at radius 3 is 2.10 bits per heavy atom. The summed E-state index contributed by atoms with van der Waals surface area (Å²) in [6.07, 6.45) is 0.171. The number of hydrogen-bond acceptors (Lipinski definition) is 2. The molecule has 2 aromatic rings. The lowest BCUT2D eigenvalue weighted by molar-refractivity contribution is 0.243. The van der Waals surface area contributed by atoms with Gasteiger partial charge in [0.2, 0.25) is 0 Å². The van der Waals surface area contributed by atoms with E-state index in [4.69, 9.17) is 4.74 Å². The second kappa shape index (κ2) is 6.58. The van der Waals surface area contributed by atoms with E-state index in [0.29, 0.717) is 6.04 Å². The Labute approximate surface area is 121 Å². The topological polar surface area (TPSA) is 21.3 Å². The van der Waals surface area contributed by atoms with E-state index in [0.717, 1.165) is 11.3 Å². The molecule has 106 valence electrons. The van der Waals surface area contributed by atoms with E-state index in [2.05, 4.69) is 62.5 Å². The molecule has 2 rings (SSSR count). The summed E-state index contributed by atoms with van der Waals surface area (Å²) in [6.45, 7) is 6.28. The molecule has 0 radical (unpaired) electrons. The zero-order valence-electron chi connectivity index (χ0n) is 12.7. The fraction of sp³-hybridized carbons (Fsp3) is 0.333. The van der Waals surface area contributed by atoms with Gasteiger partial charge < -0.3 is 10.1 Å². The van der Waals surface area contributed by atoms with Gasteiger partial charge >= 0.3 is 0 Å². The second-order valence-corrected chi connectivity index (χ2v) is 5.26. The van der Waals surface area contributed by atoms with Gasteiger partial charge in [-0.3, -0.25) is 0 Å². The van der Waals surface area contributed by atoms with Crippen molar-refractivity contribution < 1.29 is 4.74 Å². The standard InChI is InChI=1S/C18H23NO/c1-13(2)20-18-12-8-7-11-17(18)16-10-6-5-9-15(16)14(3)19-4/h5-14,19H,1-4H3. The lowest BCUT2D eigenvalue weighted by Crippen LogP contribution is -2.13. The van der Waals surface area contributed by atoms with Crippen LogP contribution in [-0.4, -0.2) is 13.2 Å². The van der Waals surface area contributed by atoms with Crippen molar-refractivity contribution in [1.29, 1.82) is 0 Å². The van der Waals surface area contributed by atoms with Gasteiger partial charge in [-0.2, -0.15) is 0 Å². The van der Waals surface area contributed by atoms with E-state index >= 15 is 0 Å². The molecule has 0 aliphatic rings. The summed E-state index contributed by atoms with van der Waals surface area (Å²) in [5.41, 5.74) is 3.67. The average Bonchev–Trinajstić information content (AvgIpc) is 2.46. The second-order valence-electron chi connectivity index (χ2n) is 5.26. The smallest absolute Gasteiger partial charge is 0.127 e. The molecule has 20 heavy (non-hydrogen) atoms. The molecule has 0 amide bonds. The van der Waals surface area contributed by atoms with Gasteiger partial charge in [-0.05, 0) is 45.0 Å². The first-order valence-corrected chi connectivity index (χ1v) is 7.15. The Morgan fingerprint density at radius 1 is 0.850 bits per heavy atom. The Hall–Kier alpha value is -1.80. The predicted molar refractivity (Wildman–Crippen MR) is 85.1 cm³/mol. The van der Waals surface area contributed by atoms with Crippen LogP contribution in [0.3, 0.4) is 0 Å². The van der Waals surface area contributed by atoms with Crippen molar-refractivity contribution in [1.82, 2.24) is 5.32 Å². The highest BCUT2D eigenvalue weighted by Crippen LogP contribution is 2.35. The summed E-state index contributed by atoms with van der Waals surface area (Å²) in [5, 5.41) is 3.31. The van der Waals surface area contributed by atoms with Gasteiger partial charge in [0.15, 0.2) is 0 Å². The van der Waals surface area contributed by atoms with Crippen molar-refractivity contribution in [3.63, 3.8) is 0 Å². The number of hydrogen-bond donors (Lipinski definition) is 1. The Bertz CT molecular complexity index is 563. The maximum Gasteiger partial charge on any atom is 0.127 e. The van der Waals surface area contributed by atoms with Gasteiger partial charge in [-0.1, -0.05) is 42.5 Å². The number of ether oxygens (including phenoxy) is 1. The Balaban J connectivity index is 2.51. The maximum atomic E-state index is 5.95. The molecule has 2 nitrogen and oxygen atoms in total. The van der Waals surface area contributed by atoms with Gasteiger partial charge in [0.05, 0.1) is 6.10 Å². The lowest BCUT2D eigenvalue weighted by Gasteiger charge is -2.19. The summed E-state index contributed by atoms with van der Waals surface area (Å²) in [4.78, 5) is 0. The summed E-state index contributed by atoms with van der Waals surface area (Å²) in [6, 6.07) is 17.0. The van der Waals surface area contributed by atoms with E-state index in [-0.39, 0.29) is 6.10 Å². The Kier molecular flexibility index (Phi) is 4.80. The zero-order chi connectivity index (χ0) is 14.5. The van der Waals surface area contributed by atoms with Crippen LogP contribution in [0.1, 0.15) is 32.4 Å². The van der Waals surface area contributed by atoms with Crippen molar-refractivity contribution in [2.45, 2.75) is 32.9 Å². The summed E-state index contributed by atoms with van der Waals surface area (Å²) >= 11 is 0. The molecular formula is C18H23NO. The minimum absolute atomic E-state index is 0.171. The van der Waals surface area contributed by atoms with Gasteiger partial charge in [0.1, 0.15) is 5.75 Å². The number of rotatable bonds is 5. The van der Waals surface area contributed by atoms with E-state index in [1.165, 1.54) is 11.1 Å². The summed E-state index contributed by atoms with van der Waals surface area (Å²) < 4.78 is 5.95. The fourth-order valence-electron chi connectivity index (χ4n) is 2.32. The zero-order valence-corrected chi connectivity index (χ0v) is 12.7. The highest BCUT2D eigenvalue weighted by Gasteiger charge is 2.13. The molecule has 1 unspecified atom stereocenters. The van der Waals surface area contributed by atoms with Crippen LogP contribution in [0.2, 0.25) is 0 Å². The monoisotopic (exact) mass is 269 g/mol. The molecule has 0 fully saturated rings. The Morgan fingerprint density at radius 2 is 1.45 bits per heavy atom. The number of para-hydroxylation sites is 1. The third kappa shape index (κ3) is 3.20. The summed E-state index contributed by atoms with van der Waals surface area (Å²) in [7, 11) is 1.98. The van der Waals surface area contributed by atoms with Crippen LogP contribution in [0.5, 0.6) is 5.75 Å². The molecule has 0 heterocycles. The van der Waals surface area contributed by atoms with Crippen LogP contribution in [-0.2, 0) is 0 Å². The van der Waals surface area contributed by atoms with E-state index in [9.17, 15) is 0 Å². The van der Waals surface area contributed by atoms with E-state index in [1.54, 1.807) is 0 Å². The summed E-state index contributed by atoms with van der Waals surface area (Å²) in [5.74, 6) is 0.943. The quantitative estimate of drug-likeness (QED) is 0.867. The van der Waals surface area contributed by atoms with Gasteiger partial charge in [0, 0.05) is 11.6 Å². The fourth-order valence-corrected chi connectivity index (χ4v) is 2.32. The largest absolute Gasteiger partial charge is 0.490 e. The first-order chi connectivity index (χ1) is 9.63. The van der Waals surface area contributed by atoms with Crippen molar-refractivity contribution in [2.75, 3.05) is 7.05 Å². The minimum Gasteiger partial charge on any atom is -0.490 e. The molecule has 1 N–H and O–H groups in total. The molecule has 0 aromatic heterocycles. The van der Waals surface area contributed by atoms with Gasteiger partial charge in [0.25, 0.3) is 0 Å². The van der Waals surface area contributed by atoms with Crippen molar-refractivity contribution >= 4 is 0 Å². The third-order valence-corrected chi connectivity index (χ3v) is 3.40. The first kappa shape index (κ1) is 14.6. The lowest BCUT2D eigenvalue weighted by atomic mass is 9.95. The van der Waals surface area contributed by atoms with Crippen LogP contribution in [0.4, 0.5) is 0 Å². The van der Waals surface area contributed by atoms with Crippen LogP contribution in [0.15, 0.2) is 48.5 Å². The van der Waals surface area contributed by atoms with E-state index < -0.39 is 0 Å². The molecular weight excluding hydrogens is 246 g/mol. The van der Waals surface area contributed by atoms with Gasteiger partial charge in [-0.25, -0.2) is 0 Å². The molecule has 2 heteroatoms. The van der Waals surface area contributed by atoms with Crippen LogP contribution >= 0.6 is 0 Å². The minimum atomic E-state index is 0.171. The van der Waals surface area contributed by atoms with Crippen molar-refractivity contribution in [3.05, 3.63) is 54.1 Å². The number of nitrogens with one attached hydrogen (secondary N) is 1. The molecule has 1 atom stereocenters. The highest BCUT2D eigenvalue weighted by atomic mass is 16.5. The molecule has 0 saturated carbocycles. The molecule has 0 bridgehead atoms. The first-order valence-electron chi connectivity index (χ1n) is 7.15. The number of benzene rings is 2. The highest BCUT2D eigenvalue weighted by molar-refractivity contribution is 5.73. The average molecular weight is 269 g/mol. The van der Waals surface area contributed by atoms with Crippen molar-refractivity contribution in [3.8, 4) is 16.9 Å².